The molecule has 0 atom stereocenters. The van der Waals surface area contributed by atoms with Crippen molar-refractivity contribution in [2.24, 2.45) is 5.16 Å². The van der Waals surface area contributed by atoms with Gasteiger partial charge in [-0.05, 0) is 36.4 Å². The van der Waals surface area contributed by atoms with Gasteiger partial charge in [0, 0.05) is 29.7 Å². The van der Waals surface area contributed by atoms with E-state index < -0.39 is 0 Å². The summed E-state index contributed by atoms with van der Waals surface area (Å²) in [6.07, 6.45) is 6.92. The number of aromatic nitrogens is 3. The maximum Gasteiger partial charge on any atom is 0.125 e. The average molecular weight is 334 g/mol. The van der Waals surface area contributed by atoms with Crippen molar-refractivity contribution in [3.05, 3.63) is 84.0 Å². The molecule has 0 fully saturated rings. The lowest BCUT2D eigenvalue weighted by molar-refractivity contribution is 0.212. The Morgan fingerprint density at radius 2 is 1.92 bits per heavy atom. The number of hydrogen-bond donors (Lipinski definition) is 0. The molecule has 0 N–H and O–H groups in total. The molecule has 6 heteroatoms. The molecule has 2 aromatic heterocycles. The van der Waals surface area contributed by atoms with Gasteiger partial charge in [0.1, 0.15) is 18.6 Å². The highest BCUT2D eigenvalue weighted by molar-refractivity contribution is 5.98. The SMILES string of the molecule is CO/N=C(\Cn1ccnc1)c1ccc(C#Cc2ccc(F)cc2)cn1. The molecule has 0 radical (unpaired) electrons. The minimum atomic E-state index is -0.278. The fourth-order valence-electron chi connectivity index (χ4n) is 2.14. The normalized spacial score (nSPS) is 10.9. The van der Waals surface area contributed by atoms with E-state index in [9.17, 15) is 4.39 Å². The fourth-order valence-corrected chi connectivity index (χ4v) is 2.14. The Bertz CT molecular complexity index is 905. The molecular formula is C19H15FN4O. The Labute approximate surface area is 144 Å². The number of oxime groups is 1. The molecule has 0 amide bonds. The molecule has 0 bridgehead atoms. The van der Waals surface area contributed by atoms with Crippen molar-refractivity contribution < 1.29 is 9.23 Å². The van der Waals surface area contributed by atoms with Crippen molar-refractivity contribution in [2.75, 3.05) is 7.11 Å². The summed E-state index contributed by atoms with van der Waals surface area (Å²) in [5, 5.41) is 4.03. The fraction of sp³-hybridized carbons (Fsp3) is 0.105. The number of benzene rings is 1. The van der Waals surface area contributed by atoms with Gasteiger partial charge in [0.15, 0.2) is 0 Å². The van der Waals surface area contributed by atoms with Crippen LogP contribution in [0.25, 0.3) is 0 Å². The van der Waals surface area contributed by atoms with Gasteiger partial charge in [-0.2, -0.15) is 0 Å². The van der Waals surface area contributed by atoms with E-state index in [1.165, 1.54) is 19.2 Å². The third-order valence-corrected chi connectivity index (χ3v) is 3.35. The maximum absolute atomic E-state index is 12.9. The van der Waals surface area contributed by atoms with Gasteiger partial charge in [0.2, 0.25) is 0 Å². The largest absolute Gasteiger partial charge is 0.399 e. The van der Waals surface area contributed by atoms with Crippen LogP contribution in [-0.4, -0.2) is 27.4 Å². The van der Waals surface area contributed by atoms with Crippen molar-refractivity contribution >= 4 is 5.71 Å². The molecule has 0 aliphatic carbocycles. The summed E-state index contributed by atoms with van der Waals surface area (Å²) >= 11 is 0. The molecule has 0 saturated carbocycles. The monoisotopic (exact) mass is 334 g/mol. The number of nitrogens with zero attached hydrogens (tertiary/aromatic N) is 4. The van der Waals surface area contributed by atoms with Gasteiger partial charge < -0.3 is 9.40 Å². The van der Waals surface area contributed by atoms with E-state index in [0.717, 1.165) is 11.1 Å². The summed E-state index contributed by atoms with van der Waals surface area (Å²) < 4.78 is 14.8. The van der Waals surface area contributed by atoms with Gasteiger partial charge in [0.05, 0.1) is 18.6 Å². The molecule has 1 aromatic carbocycles. The minimum absolute atomic E-state index is 0.278. The number of rotatable bonds is 4. The van der Waals surface area contributed by atoms with Crippen LogP contribution in [0.3, 0.4) is 0 Å². The third-order valence-electron chi connectivity index (χ3n) is 3.35. The van der Waals surface area contributed by atoms with Crippen LogP contribution in [0.1, 0.15) is 16.8 Å². The van der Waals surface area contributed by atoms with Crippen molar-refractivity contribution in [1.82, 2.24) is 14.5 Å². The molecule has 3 aromatic rings. The molecule has 0 unspecified atom stereocenters. The first kappa shape index (κ1) is 16.4. The second kappa shape index (κ2) is 7.88. The second-order valence-corrected chi connectivity index (χ2v) is 5.14. The predicted octanol–water partition coefficient (Wildman–Crippen LogP) is 2.87. The second-order valence-electron chi connectivity index (χ2n) is 5.14. The highest BCUT2D eigenvalue weighted by atomic mass is 19.1. The summed E-state index contributed by atoms with van der Waals surface area (Å²) in [6, 6.07) is 9.74. The smallest absolute Gasteiger partial charge is 0.125 e. The predicted molar refractivity (Wildman–Crippen MR) is 92.4 cm³/mol. The van der Waals surface area contributed by atoms with Crippen molar-refractivity contribution in [1.29, 1.82) is 0 Å². The van der Waals surface area contributed by atoms with Gasteiger partial charge in [-0.25, -0.2) is 9.37 Å². The maximum atomic E-state index is 12.9. The first-order valence-electron chi connectivity index (χ1n) is 7.54. The van der Waals surface area contributed by atoms with Gasteiger partial charge in [-0.15, -0.1) is 0 Å². The van der Waals surface area contributed by atoms with E-state index in [1.807, 2.05) is 22.9 Å². The van der Waals surface area contributed by atoms with Gasteiger partial charge in [0.25, 0.3) is 0 Å². The van der Waals surface area contributed by atoms with Crippen molar-refractivity contribution in [3.8, 4) is 11.8 Å². The Morgan fingerprint density at radius 1 is 1.16 bits per heavy atom. The summed E-state index contributed by atoms with van der Waals surface area (Å²) in [5.74, 6) is 5.70. The highest BCUT2D eigenvalue weighted by Crippen LogP contribution is 2.05. The Kier molecular flexibility index (Phi) is 5.17. The Morgan fingerprint density at radius 3 is 2.56 bits per heavy atom. The van der Waals surface area contributed by atoms with Crippen LogP contribution in [-0.2, 0) is 11.4 Å². The van der Waals surface area contributed by atoms with Crippen LogP contribution in [0, 0.1) is 17.7 Å². The summed E-state index contributed by atoms with van der Waals surface area (Å²) in [6.45, 7) is 0.501. The first-order valence-corrected chi connectivity index (χ1v) is 7.54. The van der Waals surface area contributed by atoms with E-state index >= 15 is 0 Å². The van der Waals surface area contributed by atoms with E-state index in [0.29, 0.717) is 18.0 Å². The summed E-state index contributed by atoms with van der Waals surface area (Å²) in [4.78, 5) is 13.3. The zero-order chi connectivity index (χ0) is 17.5. The van der Waals surface area contributed by atoms with Gasteiger partial charge >= 0.3 is 0 Å². The molecule has 2 heterocycles. The number of halogens is 1. The molecule has 0 saturated heterocycles. The summed E-state index contributed by atoms with van der Waals surface area (Å²) in [5.41, 5.74) is 2.88. The van der Waals surface area contributed by atoms with Crippen molar-refractivity contribution in [2.45, 2.75) is 6.54 Å². The van der Waals surface area contributed by atoms with Crippen LogP contribution in [0.2, 0.25) is 0 Å². The lowest BCUT2D eigenvalue weighted by Crippen LogP contribution is -2.12. The van der Waals surface area contributed by atoms with Crippen LogP contribution in [0.15, 0.2) is 66.5 Å². The lowest BCUT2D eigenvalue weighted by atomic mass is 10.2. The first-order chi connectivity index (χ1) is 12.2. The number of hydrogen-bond acceptors (Lipinski definition) is 4. The molecular weight excluding hydrogens is 319 g/mol. The Balaban J connectivity index is 1.76. The third kappa shape index (κ3) is 4.52. The lowest BCUT2D eigenvalue weighted by Gasteiger charge is -2.06. The standard InChI is InChI=1S/C19H15FN4O/c1-25-23-19(13-24-11-10-21-14-24)18-9-6-16(12-22-18)3-2-15-4-7-17(20)8-5-15/h4-12,14H,13H2,1H3/b23-19+. The highest BCUT2D eigenvalue weighted by Gasteiger charge is 2.07. The van der Waals surface area contributed by atoms with Gasteiger partial charge in [-0.3, -0.25) is 4.98 Å². The van der Waals surface area contributed by atoms with E-state index in [1.54, 1.807) is 30.9 Å². The van der Waals surface area contributed by atoms with Gasteiger partial charge in [-0.1, -0.05) is 17.0 Å². The Hall–Kier alpha value is -3.46. The van der Waals surface area contributed by atoms with Crippen molar-refractivity contribution in [3.63, 3.8) is 0 Å². The number of imidazole rings is 1. The zero-order valence-corrected chi connectivity index (χ0v) is 13.6. The van der Waals surface area contributed by atoms with E-state index in [-0.39, 0.29) is 5.82 Å². The van der Waals surface area contributed by atoms with Crippen LogP contribution >= 0.6 is 0 Å². The number of pyridine rings is 1. The zero-order valence-electron chi connectivity index (χ0n) is 13.6. The van der Waals surface area contributed by atoms with Crippen LogP contribution in [0.4, 0.5) is 4.39 Å². The molecule has 25 heavy (non-hydrogen) atoms. The molecule has 0 aliphatic rings. The quantitative estimate of drug-likeness (QED) is 0.419. The topological polar surface area (TPSA) is 52.3 Å². The molecule has 0 aliphatic heterocycles. The summed E-state index contributed by atoms with van der Waals surface area (Å²) in [7, 11) is 1.50. The minimum Gasteiger partial charge on any atom is -0.399 e. The van der Waals surface area contributed by atoms with E-state index in [2.05, 4.69) is 27.0 Å². The molecule has 124 valence electrons. The molecule has 0 spiro atoms. The average Bonchev–Trinajstić information content (AvgIpc) is 3.15. The van der Waals surface area contributed by atoms with Crippen LogP contribution < -0.4 is 0 Å². The molecule has 3 rings (SSSR count). The van der Waals surface area contributed by atoms with E-state index in [4.69, 9.17) is 4.84 Å². The van der Waals surface area contributed by atoms with Crippen LogP contribution in [0.5, 0.6) is 0 Å². The molecule has 5 nitrogen and oxygen atoms in total.